The molecule has 0 aliphatic carbocycles. The third-order valence-electron chi connectivity index (χ3n) is 7.63. The number of nitrogens with zero attached hydrogens (tertiary/aromatic N) is 6. The van der Waals surface area contributed by atoms with Crippen molar-refractivity contribution in [3.63, 3.8) is 0 Å². The fourth-order valence-electron chi connectivity index (χ4n) is 5.38. The summed E-state index contributed by atoms with van der Waals surface area (Å²) in [7, 11) is 0. The van der Waals surface area contributed by atoms with Gasteiger partial charge in [0, 0.05) is 41.0 Å². The monoisotopic (exact) mass is 592 g/mol. The fourth-order valence-corrected chi connectivity index (χ4v) is 6.40. The van der Waals surface area contributed by atoms with Crippen molar-refractivity contribution in [2.24, 2.45) is 0 Å². The molecule has 11 heteroatoms. The number of pyridine rings is 1. The molecule has 8 nitrogen and oxygen atoms in total. The van der Waals surface area contributed by atoms with E-state index < -0.39 is 0 Å². The highest BCUT2D eigenvalue weighted by Gasteiger charge is 2.24. The SMILES string of the molecule is CCn1cncc1Cn1c(CN2CCC(c3cccc(OCc4ccc(Cl)cc4F)n3)CC2)nc2sc(C=O)cc21. The van der Waals surface area contributed by atoms with E-state index in [1.807, 2.05) is 30.7 Å². The average Bonchev–Trinajstić information content (AvgIpc) is 3.69. The Kier molecular flexibility index (Phi) is 8.13. The molecule has 0 saturated carbocycles. The van der Waals surface area contributed by atoms with E-state index >= 15 is 0 Å². The second-order valence-electron chi connectivity index (χ2n) is 10.2. The maximum Gasteiger partial charge on any atom is 0.213 e. The minimum atomic E-state index is -0.387. The third-order valence-corrected chi connectivity index (χ3v) is 8.81. The number of likely N-dealkylation sites (tertiary alicyclic amines) is 1. The molecule has 0 unspecified atom stereocenters. The predicted molar refractivity (Wildman–Crippen MR) is 157 cm³/mol. The number of benzene rings is 1. The number of imidazole rings is 2. The number of halogens is 2. The normalized spacial score (nSPS) is 14.6. The second-order valence-corrected chi connectivity index (χ2v) is 11.7. The molecule has 1 aliphatic heterocycles. The molecule has 0 spiro atoms. The second kappa shape index (κ2) is 12.1. The number of aryl methyl sites for hydroxylation is 1. The van der Waals surface area contributed by atoms with Gasteiger partial charge in [-0.05, 0) is 57.1 Å². The molecule has 1 fully saturated rings. The van der Waals surface area contributed by atoms with Crippen molar-refractivity contribution < 1.29 is 13.9 Å². The Hall–Kier alpha value is -3.60. The predicted octanol–water partition coefficient (Wildman–Crippen LogP) is 6.32. The van der Waals surface area contributed by atoms with Crippen LogP contribution in [0.15, 0.2) is 55.0 Å². The van der Waals surface area contributed by atoms with Crippen LogP contribution in [0.4, 0.5) is 4.39 Å². The van der Waals surface area contributed by atoms with E-state index in [-0.39, 0.29) is 12.4 Å². The van der Waals surface area contributed by atoms with Gasteiger partial charge in [-0.3, -0.25) is 9.69 Å². The van der Waals surface area contributed by atoms with Crippen LogP contribution in [0.2, 0.25) is 5.02 Å². The van der Waals surface area contributed by atoms with E-state index in [0.717, 1.165) is 72.9 Å². The summed E-state index contributed by atoms with van der Waals surface area (Å²) in [6.45, 7) is 6.26. The lowest BCUT2D eigenvalue weighted by atomic mass is 9.93. The van der Waals surface area contributed by atoms with Gasteiger partial charge >= 0.3 is 0 Å². The number of hydrogen-bond donors (Lipinski definition) is 0. The van der Waals surface area contributed by atoms with Crippen molar-refractivity contribution in [1.82, 2.24) is 29.0 Å². The first-order valence-electron chi connectivity index (χ1n) is 13.7. The Bertz CT molecular complexity index is 1670. The molecule has 0 amide bonds. The highest BCUT2D eigenvalue weighted by Crippen LogP contribution is 2.31. The molecule has 6 rings (SSSR count). The lowest BCUT2D eigenvalue weighted by Gasteiger charge is -2.31. The maximum absolute atomic E-state index is 14.1. The third kappa shape index (κ3) is 6.05. The van der Waals surface area contributed by atoms with E-state index in [4.69, 9.17) is 26.3 Å². The Morgan fingerprint density at radius 2 is 2.00 bits per heavy atom. The van der Waals surface area contributed by atoms with Crippen LogP contribution in [0.5, 0.6) is 5.88 Å². The van der Waals surface area contributed by atoms with Gasteiger partial charge in [-0.15, -0.1) is 11.3 Å². The zero-order valence-electron chi connectivity index (χ0n) is 22.7. The lowest BCUT2D eigenvalue weighted by Crippen LogP contribution is -2.33. The van der Waals surface area contributed by atoms with Gasteiger partial charge in [-0.2, -0.15) is 0 Å². The number of rotatable bonds is 10. The summed E-state index contributed by atoms with van der Waals surface area (Å²) in [5.74, 6) is 1.41. The molecule has 5 heterocycles. The van der Waals surface area contributed by atoms with Crippen LogP contribution in [0, 0.1) is 5.82 Å². The lowest BCUT2D eigenvalue weighted by molar-refractivity contribution is 0.112. The van der Waals surface area contributed by atoms with E-state index in [1.165, 1.54) is 17.4 Å². The van der Waals surface area contributed by atoms with Gasteiger partial charge in [0.25, 0.3) is 0 Å². The number of ether oxygens (including phenoxy) is 1. The van der Waals surface area contributed by atoms with Crippen molar-refractivity contribution >= 4 is 39.6 Å². The van der Waals surface area contributed by atoms with E-state index in [9.17, 15) is 9.18 Å². The minimum absolute atomic E-state index is 0.0926. The van der Waals surface area contributed by atoms with Crippen LogP contribution in [0.3, 0.4) is 0 Å². The van der Waals surface area contributed by atoms with Crippen LogP contribution < -0.4 is 4.74 Å². The fraction of sp³-hybridized carbons (Fsp3) is 0.333. The standard InChI is InChI=1S/C30H30ClFN6O2S/c1-2-37-19-33-14-23(37)15-38-27-13-24(17-39)41-30(27)35-28(38)16-36-10-8-20(9-11-36)26-4-3-5-29(34-26)40-18-21-6-7-22(31)12-25(21)32/h3-7,12-14,17,19-20H,2,8-11,15-16,18H2,1H3. The molecule has 1 aliphatic rings. The summed E-state index contributed by atoms with van der Waals surface area (Å²) in [6.07, 6.45) is 6.57. The summed E-state index contributed by atoms with van der Waals surface area (Å²) in [5.41, 5.74) is 3.53. The zero-order valence-corrected chi connectivity index (χ0v) is 24.2. The highest BCUT2D eigenvalue weighted by molar-refractivity contribution is 7.20. The van der Waals surface area contributed by atoms with Crippen molar-refractivity contribution in [2.75, 3.05) is 13.1 Å². The van der Waals surface area contributed by atoms with Crippen LogP contribution in [-0.2, 0) is 26.2 Å². The molecule has 41 heavy (non-hydrogen) atoms. The van der Waals surface area contributed by atoms with Gasteiger partial charge in [-0.1, -0.05) is 23.7 Å². The van der Waals surface area contributed by atoms with Gasteiger partial charge in [0.05, 0.1) is 35.5 Å². The Balaban J connectivity index is 1.12. The van der Waals surface area contributed by atoms with E-state index in [2.05, 4.69) is 25.9 Å². The first kappa shape index (κ1) is 27.6. The smallest absolute Gasteiger partial charge is 0.213 e. The summed E-state index contributed by atoms with van der Waals surface area (Å²) < 4.78 is 24.3. The van der Waals surface area contributed by atoms with Gasteiger partial charge in [0.1, 0.15) is 23.1 Å². The molecule has 212 valence electrons. The highest BCUT2D eigenvalue weighted by atomic mass is 35.5. The summed E-state index contributed by atoms with van der Waals surface area (Å²) in [6, 6.07) is 12.3. The largest absolute Gasteiger partial charge is 0.473 e. The van der Waals surface area contributed by atoms with E-state index in [0.29, 0.717) is 33.8 Å². The molecule has 1 aromatic carbocycles. The Morgan fingerprint density at radius 1 is 1.15 bits per heavy atom. The zero-order chi connectivity index (χ0) is 28.3. The summed E-state index contributed by atoms with van der Waals surface area (Å²) in [4.78, 5) is 29.4. The van der Waals surface area contributed by atoms with Crippen LogP contribution in [0.25, 0.3) is 10.3 Å². The topological polar surface area (TPSA) is 78.1 Å². The van der Waals surface area contributed by atoms with Gasteiger partial charge in [0.15, 0.2) is 6.29 Å². The number of carbonyl (C=O) groups is 1. The average molecular weight is 593 g/mol. The van der Waals surface area contributed by atoms with Crippen LogP contribution >= 0.6 is 22.9 Å². The molecule has 0 atom stereocenters. The summed E-state index contributed by atoms with van der Waals surface area (Å²) in [5, 5.41) is 0.359. The molecule has 0 N–H and O–H groups in total. The number of fused-ring (bicyclic) bond motifs is 1. The van der Waals surface area contributed by atoms with Gasteiger partial charge in [-0.25, -0.2) is 19.3 Å². The van der Waals surface area contributed by atoms with E-state index in [1.54, 1.807) is 18.2 Å². The van der Waals surface area contributed by atoms with Crippen molar-refractivity contribution in [1.29, 1.82) is 0 Å². The quantitative estimate of drug-likeness (QED) is 0.177. The number of hydrogen-bond acceptors (Lipinski definition) is 7. The Labute approximate surface area is 246 Å². The van der Waals surface area contributed by atoms with Crippen LogP contribution in [0.1, 0.15) is 58.1 Å². The number of aromatic nitrogens is 5. The molecule has 4 aromatic heterocycles. The van der Waals surface area contributed by atoms with Crippen molar-refractivity contribution in [2.45, 2.75) is 51.9 Å². The minimum Gasteiger partial charge on any atom is -0.473 e. The van der Waals surface area contributed by atoms with Gasteiger partial charge < -0.3 is 13.9 Å². The number of thiophene rings is 1. The molecular weight excluding hydrogens is 563 g/mol. The van der Waals surface area contributed by atoms with Gasteiger partial charge in [0.2, 0.25) is 5.88 Å². The summed E-state index contributed by atoms with van der Waals surface area (Å²) >= 11 is 7.28. The molecule has 5 aromatic rings. The number of piperidine rings is 1. The molecule has 1 saturated heterocycles. The first-order chi connectivity index (χ1) is 20.0. The maximum atomic E-state index is 14.1. The number of aldehydes is 1. The molecule has 0 bridgehead atoms. The van der Waals surface area contributed by atoms with Crippen molar-refractivity contribution in [3.8, 4) is 5.88 Å². The first-order valence-corrected chi connectivity index (χ1v) is 14.9. The Morgan fingerprint density at radius 3 is 2.78 bits per heavy atom. The number of carbonyl (C=O) groups excluding carboxylic acids is 1. The molecule has 0 radical (unpaired) electrons. The van der Waals surface area contributed by atoms with Crippen LogP contribution in [-0.4, -0.2) is 48.4 Å². The van der Waals surface area contributed by atoms with Crippen molar-refractivity contribution in [3.05, 3.63) is 93.5 Å². The molecular formula is C30H30ClFN6O2S.